The van der Waals surface area contributed by atoms with Gasteiger partial charge >= 0.3 is 12.0 Å². The molecule has 0 saturated carbocycles. The Balaban J connectivity index is 2.22. The SMILES string of the molecule is CCCC(CCNC(=O)NC1(C)CCOC1)CCC(=O)O. The maximum Gasteiger partial charge on any atom is 0.315 e. The van der Waals surface area contributed by atoms with Gasteiger partial charge in [-0.25, -0.2) is 4.79 Å². The summed E-state index contributed by atoms with van der Waals surface area (Å²) in [5.74, 6) is -0.396. The summed E-state index contributed by atoms with van der Waals surface area (Å²) in [7, 11) is 0. The van der Waals surface area contributed by atoms with E-state index in [1.165, 1.54) is 0 Å². The zero-order valence-corrected chi connectivity index (χ0v) is 13.1. The second kappa shape index (κ2) is 8.87. The molecule has 0 spiro atoms. The molecule has 2 amide bonds. The molecule has 21 heavy (non-hydrogen) atoms. The Morgan fingerprint density at radius 1 is 1.33 bits per heavy atom. The zero-order chi connectivity index (χ0) is 15.7. The van der Waals surface area contributed by atoms with Gasteiger partial charge in [0.05, 0.1) is 12.1 Å². The molecule has 122 valence electrons. The predicted molar refractivity (Wildman–Crippen MR) is 80.3 cm³/mol. The first-order valence-corrected chi connectivity index (χ1v) is 7.81. The lowest BCUT2D eigenvalue weighted by atomic mass is 9.94. The molecule has 6 nitrogen and oxygen atoms in total. The third kappa shape index (κ3) is 7.32. The summed E-state index contributed by atoms with van der Waals surface area (Å²) >= 11 is 0. The van der Waals surface area contributed by atoms with Crippen molar-refractivity contribution in [3.8, 4) is 0 Å². The quantitative estimate of drug-likeness (QED) is 0.609. The van der Waals surface area contributed by atoms with Crippen LogP contribution in [0.5, 0.6) is 0 Å². The number of carboxylic acid groups (broad SMARTS) is 1. The van der Waals surface area contributed by atoms with E-state index < -0.39 is 5.97 Å². The minimum Gasteiger partial charge on any atom is -0.481 e. The fourth-order valence-corrected chi connectivity index (χ4v) is 2.64. The number of carboxylic acids is 1. The van der Waals surface area contributed by atoms with E-state index in [2.05, 4.69) is 17.6 Å². The molecule has 1 fully saturated rings. The Hall–Kier alpha value is -1.30. The molecule has 1 aliphatic heterocycles. The number of nitrogens with one attached hydrogen (secondary N) is 2. The minimum absolute atomic E-state index is 0.170. The van der Waals surface area contributed by atoms with Crippen molar-refractivity contribution >= 4 is 12.0 Å². The van der Waals surface area contributed by atoms with Gasteiger partial charge in [-0.15, -0.1) is 0 Å². The van der Waals surface area contributed by atoms with Crippen molar-refractivity contribution in [3.05, 3.63) is 0 Å². The van der Waals surface area contributed by atoms with Gasteiger partial charge in [0.15, 0.2) is 0 Å². The third-order valence-electron chi connectivity index (χ3n) is 3.94. The van der Waals surface area contributed by atoms with E-state index in [4.69, 9.17) is 9.84 Å². The van der Waals surface area contributed by atoms with Crippen molar-refractivity contribution < 1.29 is 19.4 Å². The van der Waals surface area contributed by atoms with E-state index in [1.807, 2.05) is 6.92 Å². The molecule has 3 N–H and O–H groups in total. The van der Waals surface area contributed by atoms with Crippen LogP contribution in [-0.2, 0) is 9.53 Å². The highest BCUT2D eigenvalue weighted by atomic mass is 16.5. The van der Waals surface area contributed by atoms with Gasteiger partial charge in [-0.1, -0.05) is 19.8 Å². The van der Waals surface area contributed by atoms with E-state index in [9.17, 15) is 9.59 Å². The van der Waals surface area contributed by atoms with Crippen LogP contribution in [0.25, 0.3) is 0 Å². The maximum atomic E-state index is 11.8. The van der Waals surface area contributed by atoms with Gasteiger partial charge in [-0.3, -0.25) is 4.79 Å². The van der Waals surface area contributed by atoms with Crippen LogP contribution in [0.1, 0.15) is 52.4 Å². The molecular formula is C15H28N2O4. The second-order valence-corrected chi connectivity index (χ2v) is 6.12. The second-order valence-electron chi connectivity index (χ2n) is 6.12. The van der Waals surface area contributed by atoms with E-state index >= 15 is 0 Å². The molecule has 6 heteroatoms. The molecular weight excluding hydrogens is 272 g/mol. The Kier molecular flexibility index (Phi) is 7.50. The summed E-state index contributed by atoms with van der Waals surface area (Å²) in [6.07, 6.45) is 4.57. The average Bonchev–Trinajstić information content (AvgIpc) is 2.82. The fourth-order valence-electron chi connectivity index (χ4n) is 2.64. The molecule has 0 radical (unpaired) electrons. The van der Waals surface area contributed by atoms with Crippen molar-refractivity contribution in [2.24, 2.45) is 5.92 Å². The summed E-state index contributed by atoms with van der Waals surface area (Å²) in [5.41, 5.74) is -0.268. The van der Waals surface area contributed by atoms with Gasteiger partial charge in [0, 0.05) is 19.6 Å². The monoisotopic (exact) mass is 300 g/mol. The largest absolute Gasteiger partial charge is 0.481 e. The van der Waals surface area contributed by atoms with Crippen LogP contribution in [0.4, 0.5) is 4.79 Å². The number of hydrogen-bond donors (Lipinski definition) is 3. The molecule has 2 unspecified atom stereocenters. The van der Waals surface area contributed by atoms with Crippen molar-refractivity contribution in [1.29, 1.82) is 0 Å². The number of rotatable bonds is 9. The van der Waals surface area contributed by atoms with Gasteiger partial charge in [-0.05, 0) is 32.1 Å². The molecule has 1 heterocycles. The lowest BCUT2D eigenvalue weighted by Crippen LogP contribution is -2.50. The maximum absolute atomic E-state index is 11.8. The highest BCUT2D eigenvalue weighted by molar-refractivity contribution is 5.74. The Labute approximate surface area is 126 Å². The Bertz CT molecular complexity index is 341. The number of carbonyl (C=O) groups is 2. The summed E-state index contributed by atoms with van der Waals surface area (Å²) in [6, 6.07) is -0.170. The van der Waals surface area contributed by atoms with Gasteiger partial charge in [-0.2, -0.15) is 0 Å². The lowest BCUT2D eigenvalue weighted by Gasteiger charge is -2.24. The number of amides is 2. The number of urea groups is 1. The van der Waals surface area contributed by atoms with Crippen LogP contribution < -0.4 is 10.6 Å². The zero-order valence-electron chi connectivity index (χ0n) is 13.1. The van der Waals surface area contributed by atoms with Crippen LogP contribution in [0.3, 0.4) is 0 Å². The first-order valence-electron chi connectivity index (χ1n) is 7.81. The summed E-state index contributed by atoms with van der Waals surface area (Å²) in [4.78, 5) is 22.5. The van der Waals surface area contributed by atoms with Crippen LogP contribution in [-0.4, -0.2) is 42.4 Å². The van der Waals surface area contributed by atoms with Gasteiger partial charge in [0.1, 0.15) is 0 Å². The molecule has 0 bridgehead atoms. The third-order valence-corrected chi connectivity index (χ3v) is 3.94. The van der Waals surface area contributed by atoms with Crippen molar-refractivity contribution in [3.63, 3.8) is 0 Å². The van der Waals surface area contributed by atoms with Crippen molar-refractivity contribution in [2.45, 2.75) is 57.9 Å². The normalized spacial score (nSPS) is 22.8. The van der Waals surface area contributed by atoms with Crippen molar-refractivity contribution in [2.75, 3.05) is 19.8 Å². The van der Waals surface area contributed by atoms with Crippen LogP contribution in [0, 0.1) is 5.92 Å². The van der Waals surface area contributed by atoms with E-state index in [0.29, 0.717) is 32.1 Å². The molecule has 0 aliphatic carbocycles. The molecule has 1 saturated heterocycles. The van der Waals surface area contributed by atoms with Gasteiger partial charge in [0.25, 0.3) is 0 Å². The van der Waals surface area contributed by atoms with E-state index in [0.717, 1.165) is 25.7 Å². The topological polar surface area (TPSA) is 87.7 Å². The average molecular weight is 300 g/mol. The van der Waals surface area contributed by atoms with Gasteiger partial charge < -0.3 is 20.5 Å². The van der Waals surface area contributed by atoms with Gasteiger partial charge in [0.2, 0.25) is 0 Å². The standard InChI is InChI=1S/C15H28N2O4/c1-3-4-12(5-6-13(18)19)7-9-16-14(20)17-15(2)8-10-21-11-15/h12H,3-11H2,1-2H3,(H,18,19)(H2,16,17,20). The summed E-state index contributed by atoms with van der Waals surface area (Å²) in [6.45, 7) is 5.89. The van der Waals surface area contributed by atoms with Crippen LogP contribution in [0.15, 0.2) is 0 Å². The van der Waals surface area contributed by atoms with E-state index in [1.54, 1.807) is 0 Å². The molecule has 0 aromatic heterocycles. The summed E-state index contributed by atoms with van der Waals surface area (Å²) < 4.78 is 5.29. The molecule has 0 aromatic carbocycles. The lowest BCUT2D eigenvalue weighted by molar-refractivity contribution is -0.137. The number of carbonyl (C=O) groups excluding carboxylic acids is 1. The molecule has 0 aromatic rings. The number of aliphatic carboxylic acids is 1. The van der Waals surface area contributed by atoms with E-state index in [-0.39, 0.29) is 18.0 Å². The molecule has 1 aliphatic rings. The minimum atomic E-state index is -0.754. The predicted octanol–water partition coefficient (Wildman–Crippen LogP) is 2.14. The van der Waals surface area contributed by atoms with Crippen LogP contribution >= 0.6 is 0 Å². The highest BCUT2D eigenvalue weighted by Crippen LogP contribution is 2.18. The highest BCUT2D eigenvalue weighted by Gasteiger charge is 2.31. The first-order chi connectivity index (χ1) is 9.95. The van der Waals surface area contributed by atoms with Crippen molar-refractivity contribution in [1.82, 2.24) is 10.6 Å². The Morgan fingerprint density at radius 3 is 2.67 bits per heavy atom. The summed E-state index contributed by atoms with van der Waals surface area (Å²) in [5, 5.41) is 14.5. The van der Waals surface area contributed by atoms with Crippen LogP contribution in [0.2, 0.25) is 0 Å². The smallest absolute Gasteiger partial charge is 0.315 e. The molecule has 1 rings (SSSR count). The fraction of sp³-hybridized carbons (Fsp3) is 0.867. The number of hydrogen-bond acceptors (Lipinski definition) is 3. The first kappa shape index (κ1) is 17.8. The molecule has 2 atom stereocenters. The Morgan fingerprint density at radius 2 is 2.10 bits per heavy atom. The number of ether oxygens (including phenoxy) is 1.